The van der Waals surface area contributed by atoms with Gasteiger partial charge in [0, 0.05) is 12.2 Å². The van der Waals surface area contributed by atoms with Crippen LogP contribution in [0.1, 0.15) is 37.3 Å². The zero-order valence-electron chi connectivity index (χ0n) is 12.7. The minimum absolute atomic E-state index is 0.0185. The molecule has 0 radical (unpaired) electrons. The number of hydrogen-bond donors (Lipinski definition) is 0. The molecule has 0 aliphatic heterocycles. The Balaban J connectivity index is 3.17. The first-order chi connectivity index (χ1) is 10.1. The van der Waals surface area contributed by atoms with Crippen LogP contribution >= 0.6 is 0 Å². The highest BCUT2D eigenvalue weighted by Crippen LogP contribution is 2.21. The molecule has 6 nitrogen and oxygen atoms in total. The fourth-order valence-corrected chi connectivity index (χ4v) is 1.92. The number of aromatic nitrogens is 2. The van der Waals surface area contributed by atoms with E-state index in [1.54, 1.807) is 13.8 Å². The van der Waals surface area contributed by atoms with Crippen LogP contribution in [0.25, 0.3) is 0 Å². The van der Waals surface area contributed by atoms with Crippen molar-refractivity contribution in [3.8, 4) is 0 Å². The summed E-state index contributed by atoms with van der Waals surface area (Å²) in [6.45, 7) is 3.11. The van der Waals surface area contributed by atoms with E-state index in [4.69, 9.17) is 0 Å². The highest BCUT2D eigenvalue weighted by Gasteiger charge is 2.39. The van der Waals surface area contributed by atoms with E-state index < -0.39 is 30.6 Å². The van der Waals surface area contributed by atoms with E-state index in [-0.39, 0.29) is 11.7 Å². The third-order valence-electron chi connectivity index (χ3n) is 3.00. The van der Waals surface area contributed by atoms with Gasteiger partial charge in [0.2, 0.25) is 0 Å². The number of methoxy groups -OCH3 is 1. The Hall–Kier alpha value is -2.06. The molecule has 1 amide bonds. The highest BCUT2D eigenvalue weighted by molar-refractivity contribution is 5.95. The van der Waals surface area contributed by atoms with Gasteiger partial charge in [0.1, 0.15) is 18.3 Å². The van der Waals surface area contributed by atoms with Crippen molar-refractivity contribution in [2.45, 2.75) is 39.0 Å². The number of hydrogen-bond acceptors (Lipinski definition) is 4. The van der Waals surface area contributed by atoms with Crippen LogP contribution in [0.4, 0.5) is 13.2 Å². The molecule has 1 aromatic rings. The topological polar surface area (TPSA) is 64.4 Å². The van der Waals surface area contributed by atoms with E-state index in [1.165, 1.54) is 23.9 Å². The van der Waals surface area contributed by atoms with Gasteiger partial charge in [-0.3, -0.25) is 9.48 Å². The Kier molecular flexibility index (Phi) is 5.56. The second-order valence-electron chi connectivity index (χ2n) is 5.00. The summed E-state index contributed by atoms with van der Waals surface area (Å²) in [4.78, 5) is 24.4. The lowest BCUT2D eigenvalue weighted by Crippen LogP contribution is -2.48. The number of halogens is 3. The number of alkyl halides is 3. The number of amides is 1. The number of carbonyl (C=O) groups is 2. The first-order valence-electron chi connectivity index (χ1n) is 6.57. The predicted octanol–water partition coefficient (Wildman–Crippen LogP) is 2.03. The van der Waals surface area contributed by atoms with Gasteiger partial charge in [-0.2, -0.15) is 18.3 Å². The van der Waals surface area contributed by atoms with Crippen LogP contribution in [0.3, 0.4) is 0 Å². The molecule has 0 spiro atoms. The summed E-state index contributed by atoms with van der Waals surface area (Å²) in [7, 11) is 1.05. The molecule has 0 aliphatic rings. The van der Waals surface area contributed by atoms with Crippen molar-refractivity contribution >= 4 is 11.9 Å². The average Bonchev–Trinajstić information content (AvgIpc) is 2.90. The van der Waals surface area contributed by atoms with Gasteiger partial charge in [-0.05, 0) is 26.8 Å². The molecule has 0 saturated heterocycles. The van der Waals surface area contributed by atoms with Crippen molar-refractivity contribution in [1.29, 1.82) is 0 Å². The Bertz CT molecular complexity index is 540. The lowest BCUT2D eigenvalue weighted by Gasteiger charge is -2.28. The van der Waals surface area contributed by atoms with Gasteiger partial charge in [0.05, 0.1) is 7.11 Å². The Morgan fingerprint density at radius 1 is 1.36 bits per heavy atom. The first-order valence-corrected chi connectivity index (χ1v) is 6.57. The molecular formula is C13H18F3N3O3. The summed E-state index contributed by atoms with van der Waals surface area (Å²) in [5, 5.41) is 3.91. The van der Waals surface area contributed by atoms with Crippen LogP contribution in [-0.2, 0) is 9.53 Å². The number of rotatable bonds is 5. The molecule has 9 heteroatoms. The van der Waals surface area contributed by atoms with Crippen LogP contribution in [0.5, 0.6) is 0 Å². The number of carbonyl (C=O) groups excluding carboxylic acids is 2. The van der Waals surface area contributed by atoms with Crippen LogP contribution in [0, 0.1) is 0 Å². The van der Waals surface area contributed by atoms with E-state index in [0.717, 1.165) is 7.11 Å². The summed E-state index contributed by atoms with van der Waals surface area (Å²) in [6, 6.07) is -0.264. The van der Waals surface area contributed by atoms with Crippen LogP contribution in [0.2, 0.25) is 0 Å². The fourth-order valence-electron chi connectivity index (χ4n) is 1.92. The molecule has 1 rings (SSSR count). The van der Waals surface area contributed by atoms with Crippen LogP contribution < -0.4 is 0 Å². The highest BCUT2D eigenvalue weighted by atomic mass is 19.4. The summed E-state index contributed by atoms with van der Waals surface area (Å²) in [5.41, 5.74) is -0.0185. The van der Waals surface area contributed by atoms with E-state index >= 15 is 0 Å². The summed E-state index contributed by atoms with van der Waals surface area (Å²) >= 11 is 0. The number of nitrogens with zero attached hydrogens (tertiary/aromatic N) is 3. The lowest BCUT2D eigenvalue weighted by atomic mass is 10.2. The second-order valence-corrected chi connectivity index (χ2v) is 5.00. The van der Waals surface area contributed by atoms with E-state index in [1.807, 2.05) is 0 Å². The molecule has 0 saturated carbocycles. The number of esters is 1. The standard InChI is InChI=1S/C13H18F3N3O3/c1-8(2)19-10(5-6-17-19)11(20)18(7-13(14,15)16)9(3)12(21)22-4/h5-6,8-9H,7H2,1-4H3. The van der Waals surface area contributed by atoms with Gasteiger partial charge in [-0.15, -0.1) is 0 Å². The van der Waals surface area contributed by atoms with E-state index in [9.17, 15) is 22.8 Å². The molecule has 1 atom stereocenters. The smallest absolute Gasteiger partial charge is 0.406 e. The van der Waals surface area contributed by atoms with Crippen molar-refractivity contribution < 1.29 is 27.5 Å². The van der Waals surface area contributed by atoms with Crippen molar-refractivity contribution in [3.05, 3.63) is 18.0 Å². The number of ether oxygens (including phenoxy) is 1. The SMILES string of the molecule is COC(=O)C(C)N(CC(F)(F)F)C(=O)c1ccnn1C(C)C. The minimum atomic E-state index is -4.64. The molecular weight excluding hydrogens is 303 g/mol. The molecule has 0 bridgehead atoms. The van der Waals surface area contributed by atoms with Crippen molar-refractivity contribution in [2.75, 3.05) is 13.7 Å². The summed E-state index contributed by atoms with van der Waals surface area (Å²) in [6.07, 6.45) is -3.32. The molecule has 1 aromatic heterocycles. The maximum Gasteiger partial charge on any atom is 0.406 e. The van der Waals surface area contributed by atoms with E-state index in [2.05, 4.69) is 9.84 Å². The van der Waals surface area contributed by atoms with Gasteiger partial charge in [0.25, 0.3) is 5.91 Å². The van der Waals surface area contributed by atoms with Gasteiger partial charge in [-0.1, -0.05) is 0 Å². The van der Waals surface area contributed by atoms with Crippen molar-refractivity contribution in [2.24, 2.45) is 0 Å². The molecule has 1 heterocycles. The Morgan fingerprint density at radius 2 is 1.95 bits per heavy atom. The Morgan fingerprint density at radius 3 is 2.41 bits per heavy atom. The van der Waals surface area contributed by atoms with E-state index in [0.29, 0.717) is 4.90 Å². The molecule has 1 unspecified atom stereocenters. The van der Waals surface area contributed by atoms with Gasteiger partial charge >= 0.3 is 12.1 Å². The zero-order valence-corrected chi connectivity index (χ0v) is 12.7. The zero-order chi connectivity index (χ0) is 17.1. The quantitative estimate of drug-likeness (QED) is 0.779. The fraction of sp³-hybridized carbons (Fsp3) is 0.615. The molecule has 124 valence electrons. The van der Waals surface area contributed by atoms with Gasteiger partial charge in [0.15, 0.2) is 0 Å². The van der Waals surface area contributed by atoms with Crippen molar-refractivity contribution in [1.82, 2.24) is 14.7 Å². The second kappa shape index (κ2) is 6.80. The normalized spacial score (nSPS) is 13.1. The third kappa shape index (κ3) is 4.22. The maximum atomic E-state index is 12.7. The predicted molar refractivity (Wildman–Crippen MR) is 71.2 cm³/mol. The first kappa shape index (κ1) is 18.0. The average molecular weight is 321 g/mol. The Labute approximate surface area is 125 Å². The third-order valence-corrected chi connectivity index (χ3v) is 3.00. The summed E-state index contributed by atoms with van der Waals surface area (Å²) < 4.78 is 43.9. The van der Waals surface area contributed by atoms with Crippen LogP contribution in [-0.4, -0.2) is 52.4 Å². The minimum Gasteiger partial charge on any atom is -0.467 e. The summed E-state index contributed by atoms with van der Waals surface area (Å²) in [5.74, 6) is -1.85. The molecule has 0 fully saturated rings. The van der Waals surface area contributed by atoms with Gasteiger partial charge in [-0.25, -0.2) is 4.79 Å². The monoisotopic (exact) mass is 321 g/mol. The molecule has 22 heavy (non-hydrogen) atoms. The van der Waals surface area contributed by atoms with Crippen molar-refractivity contribution in [3.63, 3.8) is 0 Å². The maximum absolute atomic E-state index is 12.7. The molecule has 0 N–H and O–H groups in total. The van der Waals surface area contributed by atoms with Crippen LogP contribution in [0.15, 0.2) is 12.3 Å². The molecule has 0 aromatic carbocycles. The molecule has 0 aliphatic carbocycles. The van der Waals surface area contributed by atoms with Gasteiger partial charge < -0.3 is 9.64 Å². The lowest BCUT2D eigenvalue weighted by molar-refractivity contribution is -0.157. The largest absolute Gasteiger partial charge is 0.467 e.